The second-order valence-electron chi connectivity index (χ2n) is 7.60. The van der Waals surface area contributed by atoms with Crippen molar-refractivity contribution in [3.8, 4) is 0 Å². The molecular weight excluding hydrogens is 400 g/mol. The molecule has 0 amide bonds. The lowest BCUT2D eigenvalue weighted by Gasteiger charge is -2.33. The Labute approximate surface area is 179 Å². The van der Waals surface area contributed by atoms with Gasteiger partial charge in [0, 0.05) is 49.2 Å². The number of pyridine rings is 1. The minimum absolute atomic E-state index is 0.655. The van der Waals surface area contributed by atoms with Gasteiger partial charge in [-0.3, -0.25) is 4.98 Å². The van der Waals surface area contributed by atoms with E-state index in [2.05, 4.69) is 30.6 Å². The number of nitrogens with zero attached hydrogens (tertiary/aromatic N) is 4. The molecule has 0 radical (unpaired) electrons. The highest BCUT2D eigenvalue weighted by Crippen LogP contribution is 2.36. The molecule has 0 aliphatic carbocycles. The van der Waals surface area contributed by atoms with Gasteiger partial charge in [0.2, 0.25) is 0 Å². The third kappa shape index (κ3) is 4.19. The number of hydrogen-bond donors (Lipinski definition) is 1. The average molecular weight is 425 g/mol. The Morgan fingerprint density at radius 2 is 1.86 bits per heavy atom. The van der Waals surface area contributed by atoms with E-state index < -0.39 is 6.10 Å². The summed E-state index contributed by atoms with van der Waals surface area (Å²) in [7, 11) is 0. The van der Waals surface area contributed by atoms with Crippen molar-refractivity contribution in [2.24, 2.45) is 0 Å². The fraction of sp³-hybridized carbons (Fsp3) is 0.364. The molecule has 2 aliphatic rings. The first-order valence-corrected chi connectivity index (χ1v) is 11.7. The molecule has 1 saturated heterocycles. The van der Waals surface area contributed by atoms with E-state index in [4.69, 9.17) is 0 Å². The van der Waals surface area contributed by atoms with Crippen LogP contribution in [0.25, 0.3) is 0 Å². The molecule has 5 rings (SSSR count). The zero-order valence-corrected chi connectivity index (χ0v) is 17.8. The van der Waals surface area contributed by atoms with Crippen molar-refractivity contribution < 1.29 is 5.11 Å². The minimum Gasteiger partial charge on any atom is -0.382 e. The molecule has 0 saturated carbocycles. The Hall–Kier alpha value is -1.93. The van der Waals surface area contributed by atoms with Crippen molar-refractivity contribution in [3.63, 3.8) is 0 Å². The smallest absolute Gasteiger partial charge is 0.185 e. The molecule has 5 nitrogen and oxygen atoms in total. The van der Waals surface area contributed by atoms with Crippen LogP contribution in [-0.4, -0.2) is 37.7 Å². The Morgan fingerprint density at radius 1 is 1.07 bits per heavy atom. The lowest BCUT2D eigenvalue weighted by molar-refractivity contribution is 0.215. The predicted molar refractivity (Wildman–Crippen MR) is 119 cm³/mol. The minimum atomic E-state index is -0.668. The number of aliphatic hydroxyl groups is 1. The Kier molecular flexibility index (Phi) is 5.54. The number of aromatic nitrogens is 2. The Bertz CT molecular complexity index is 943. The van der Waals surface area contributed by atoms with E-state index in [9.17, 15) is 5.11 Å². The number of rotatable bonds is 5. The maximum absolute atomic E-state index is 10.7. The fourth-order valence-electron chi connectivity index (χ4n) is 4.03. The van der Waals surface area contributed by atoms with Crippen LogP contribution in [0.2, 0.25) is 0 Å². The van der Waals surface area contributed by atoms with Gasteiger partial charge in [0.1, 0.15) is 6.10 Å². The summed E-state index contributed by atoms with van der Waals surface area (Å²) >= 11 is 3.72. The molecular formula is C22H24N4OS2. The molecule has 7 heteroatoms. The summed E-state index contributed by atoms with van der Waals surface area (Å²) in [6, 6.07) is 11.8. The molecule has 1 N–H and O–H groups in total. The quantitative estimate of drug-likeness (QED) is 0.618. The van der Waals surface area contributed by atoms with Gasteiger partial charge in [0.05, 0.1) is 5.69 Å². The average Bonchev–Trinajstić information content (AvgIpc) is 3.43. The highest BCUT2D eigenvalue weighted by Gasteiger charge is 2.27. The summed E-state index contributed by atoms with van der Waals surface area (Å²) in [6.07, 6.45) is 5.54. The lowest BCUT2D eigenvalue weighted by Crippen LogP contribution is -2.35. The molecule has 1 atom stereocenters. The summed E-state index contributed by atoms with van der Waals surface area (Å²) in [6.45, 7) is 4.02. The van der Waals surface area contributed by atoms with E-state index in [-0.39, 0.29) is 0 Å². The summed E-state index contributed by atoms with van der Waals surface area (Å²) in [4.78, 5) is 11.4. The molecule has 0 bridgehead atoms. The zero-order chi connectivity index (χ0) is 19.6. The molecule has 1 unspecified atom stereocenters. The van der Waals surface area contributed by atoms with E-state index in [0.29, 0.717) is 5.25 Å². The normalized spacial score (nSPS) is 18.7. The highest BCUT2D eigenvalue weighted by molar-refractivity contribution is 7.97. The molecule has 4 heterocycles. The van der Waals surface area contributed by atoms with Crippen molar-refractivity contribution >= 4 is 28.4 Å². The second-order valence-corrected chi connectivity index (χ2v) is 9.86. The van der Waals surface area contributed by atoms with E-state index in [1.54, 1.807) is 11.3 Å². The van der Waals surface area contributed by atoms with Gasteiger partial charge in [0.15, 0.2) is 5.13 Å². The number of fused-ring (bicyclic) bond motifs is 1. The summed E-state index contributed by atoms with van der Waals surface area (Å²) in [5.74, 6) is 0. The fourth-order valence-corrected chi connectivity index (χ4v) is 6.00. The molecule has 29 heavy (non-hydrogen) atoms. The Morgan fingerprint density at radius 3 is 2.62 bits per heavy atom. The topological polar surface area (TPSA) is 52.5 Å². The molecule has 2 aliphatic heterocycles. The molecule has 150 valence electrons. The monoisotopic (exact) mass is 424 g/mol. The van der Waals surface area contributed by atoms with Gasteiger partial charge in [-0.1, -0.05) is 42.3 Å². The molecule has 2 aromatic heterocycles. The van der Waals surface area contributed by atoms with Crippen molar-refractivity contribution in [2.45, 2.75) is 37.3 Å². The van der Waals surface area contributed by atoms with E-state index in [1.165, 1.54) is 24.0 Å². The highest BCUT2D eigenvalue weighted by atomic mass is 32.2. The van der Waals surface area contributed by atoms with Crippen LogP contribution in [0.3, 0.4) is 0 Å². The number of anilines is 1. The van der Waals surface area contributed by atoms with Gasteiger partial charge in [-0.05, 0) is 35.6 Å². The van der Waals surface area contributed by atoms with Crippen molar-refractivity contribution in [1.82, 2.24) is 14.3 Å². The number of benzene rings is 1. The summed E-state index contributed by atoms with van der Waals surface area (Å²) < 4.78 is 2.45. The van der Waals surface area contributed by atoms with Crippen LogP contribution in [0.15, 0.2) is 54.2 Å². The van der Waals surface area contributed by atoms with Gasteiger partial charge in [0.25, 0.3) is 0 Å². The maximum Gasteiger partial charge on any atom is 0.185 e. The van der Waals surface area contributed by atoms with Gasteiger partial charge < -0.3 is 10.0 Å². The third-order valence-electron chi connectivity index (χ3n) is 5.62. The number of hydrogen-bond acceptors (Lipinski definition) is 7. The van der Waals surface area contributed by atoms with Crippen LogP contribution < -0.4 is 4.90 Å². The largest absolute Gasteiger partial charge is 0.382 e. The van der Waals surface area contributed by atoms with Crippen LogP contribution in [0, 0.1) is 0 Å². The molecule has 1 aromatic carbocycles. The standard InChI is InChI=1S/C22H24N4OS2/c27-21(16-4-2-1-3-5-16)20-12-17-14-26(15-18(17)13-24-20)29-19-6-9-25(10-7-19)22-23-8-11-28-22/h1-5,8,11-13,19,21,27H,6-7,9-10,14-15H2. The zero-order valence-electron chi connectivity index (χ0n) is 16.1. The van der Waals surface area contributed by atoms with Crippen LogP contribution in [0.1, 0.15) is 41.3 Å². The number of aliphatic hydroxyl groups excluding tert-OH is 1. The second kappa shape index (κ2) is 8.44. The first kappa shape index (κ1) is 19.1. The number of thiazole rings is 1. The summed E-state index contributed by atoms with van der Waals surface area (Å²) in [5.41, 5.74) is 4.19. The molecule has 0 spiro atoms. The first-order valence-electron chi connectivity index (χ1n) is 10.0. The van der Waals surface area contributed by atoms with Gasteiger partial charge in [-0.2, -0.15) is 0 Å². The van der Waals surface area contributed by atoms with Crippen LogP contribution in [0.4, 0.5) is 5.13 Å². The molecule has 1 fully saturated rings. The number of piperidine rings is 1. The van der Waals surface area contributed by atoms with Crippen LogP contribution in [-0.2, 0) is 13.1 Å². The third-order valence-corrected chi connectivity index (χ3v) is 7.78. The van der Waals surface area contributed by atoms with Crippen molar-refractivity contribution in [1.29, 1.82) is 0 Å². The molecule has 3 aromatic rings. The predicted octanol–water partition coefficient (Wildman–Crippen LogP) is 4.25. The van der Waals surface area contributed by atoms with E-state index >= 15 is 0 Å². The van der Waals surface area contributed by atoms with Crippen molar-refractivity contribution in [3.05, 3.63) is 76.6 Å². The maximum atomic E-state index is 10.7. The van der Waals surface area contributed by atoms with Crippen molar-refractivity contribution in [2.75, 3.05) is 18.0 Å². The van der Waals surface area contributed by atoms with E-state index in [0.717, 1.165) is 42.6 Å². The van der Waals surface area contributed by atoms with Crippen LogP contribution in [0.5, 0.6) is 0 Å². The van der Waals surface area contributed by atoms with Gasteiger partial charge in [-0.25, -0.2) is 9.29 Å². The lowest BCUT2D eigenvalue weighted by atomic mass is 10.0. The van der Waals surface area contributed by atoms with E-state index in [1.807, 2.05) is 54.7 Å². The SMILES string of the molecule is OC(c1ccccc1)c1cc2c(cn1)CN(SC1CCN(c3nccs3)CC1)C2. The van der Waals surface area contributed by atoms with Gasteiger partial charge >= 0.3 is 0 Å². The van der Waals surface area contributed by atoms with Gasteiger partial charge in [-0.15, -0.1) is 11.3 Å². The van der Waals surface area contributed by atoms with Crippen LogP contribution >= 0.6 is 23.3 Å². The summed E-state index contributed by atoms with van der Waals surface area (Å²) in [5, 5.41) is 14.5. The Balaban J connectivity index is 1.19. The first-order chi connectivity index (χ1) is 14.3.